The van der Waals surface area contributed by atoms with Crippen molar-refractivity contribution < 1.29 is 4.79 Å². The van der Waals surface area contributed by atoms with E-state index in [9.17, 15) is 4.79 Å². The first-order chi connectivity index (χ1) is 5.18. The molecule has 1 N–H and O–H groups in total. The van der Waals surface area contributed by atoms with Crippen LogP contribution in [0.4, 0.5) is 0 Å². The van der Waals surface area contributed by atoms with Crippen LogP contribution in [0.2, 0.25) is 0 Å². The van der Waals surface area contributed by atoms with Gasteiger partial charge in [-0.25, -0.2) is 0 Å². The Kier molecular flexibility index (Phi) is 2.47. The van der Waals surface area contributed by atoms with Gasteiger partial charge in [-0.1, -0.05) is 19.1 Å². The predicted octanol–water partition coefficient (Wildman–Crippen LogP) is 1.60. The maximum Gasteiger partial charge on any atom is 0.220 e. The summed E-state index contributed by atoms with van der Waals surface area (Å²) in [6.07, 6.45) is 7.00. The van der Waals surface area contributed by atoms with E-state index in [1.54, 1.807) is 0 Å². The van der Waals surface area contributed by atoms with Crippen molar-refractivity contribution in [3.8, 4) is 0 Å². The minimum absolute atomic E-state index is 0.0127. The highest BCUT2D eigenvalue weighted by Gasteiger charge is 2.06. The SMILES string of the molecule is CC(=O)NC1=CC=CC(C)C1. The summed E-state index contributed by atoms with van der Waals surface area (Å²) < 4.78 is 0. The molecule has 0 aromatic heterocycles. The maximum absolute atomic E-state index is 10.6. The van der Waals surface area contributed by atoms with Crippen molar-refractivity contribution in [2.45, 2.75) is 20.3 Å². The Morgan fingerprint density at radius 2 is 2.45 bits per heavy atom. The molecule has 0 bridgehead atoms. The van der Waals surface area contributed by atoms with Crippen molar-refractivity contribution in [1.29, 1.82) is 0 Å². The van der Waals surface area contributed by atoms with Gasteiger partial charge in [0.05, 0.1) is 0 Å². The van der Waals surface area contributed by atoms with Crippen LogP contribution in [0.1, 0.15) is 20.3 Å². The summed E-state index contributed by atoms with van der Waals surface area (Å²) in [4.78, 5) is 10.6. The highest BCUT2D eigenvalue weighted by molar-refractivity contribution is 5.75. The average Bonchev–Trinajstić information content (AvgIpc) is 1.85. The van der Waals surface area contributed by atoms with Crippen LogP contribution in [-0.4, -0.2) is 5.91 Å². The molecule has 0 aromatic rings. The van der Waals surface area contributed by atoms with Crippen molar-refractivity contribution in [2.24, 2.45) is 5.92 Å². The Hall–Kier alpha value is -1.05. The largest absolute Gasteiger partial charge is 0.330 e. The molecule has 1 unspecified atom stereocenters. The molecule has 1 aliphatic carbocycles. The minimum atomic E-state index is 0.0127. The van der Waals surface area contributed by atoms with Gasteiger partial charge in [0.2, 0.25) is 5.91 Å². The fourth-order valence-corrected chi connectivity index (χ4v) is 1.16. The molecule has 0 saturated heterocycles. The standard InChI is InChI=1S/C9H13NO/c1-7-4-3-5-9(6-7)10-8(2)11/h3-5,7H,6H2,1-2H3,(H,10,11). The Morgan fingerprint density at radius 3 is 3.00 bits per heavy atom. The van der Waals surface area contributed by atoms with Gasteiger partial charge in [0.1, 0.15) is 0 Å². The average molecular weight is 151 g/mol. The molecule has 0 fully saturated rings. The number of hydrogen-bond acceptors (Lipinski definition) is 1. The van der Waals surface area contributed by atoms with Crippen LogP contribution in [-0.2, 0) is 4.79 Å². The van der Waals surface area contributed by atoms with Crippen LogP contribution in [0.5, 0.6) is 0 Å². The molecular formula is C9H13NO. The third-order valence-corrected chi connectivity index (χ3v) is 1.62. The zero-order valence-electron chi connectivity index (χ0n) is 6.92. The number of hydrogen-bond donors (Lipinski definition) is 1. The second kappa shape index (κ2) is 3.37. The summed E-state index contributed by atoms with van der Waals surface area (Å²) in [5, 5.41) is 2.78. The van der Waals surface area contributed by atoms with Crippen molar-refractivity contribution >= 4 is 5.91 Å². The zero-order valence-corrected chi connectivity index (χ0v) is 6.92. The van der Waals surface area contributed by atoms with Crippen molar-refractivity contribution in [1.82, 2.24) is 5.32 Å². The van der Waals surface area contributed by atoms with E-state index >= 15 is 0 Å². The smallest absolute Gasteiger partial charge is 0.220 e. The third-order valence-electron chi connectivity index (χ3n) is 1.62. The van der Waals surface area contributed by atoms with Crippen molar-refractivity contribution in [3.63, 3.8) is 0 Å². The van der Waals surface area contributed by atoms with E-state index < -0.39 is 0 Å². The minimum Gasteiger partial charge on any atom is -0.330 e. The van der Waals surface area contributed by atoms with Crippen LogP contribution in [0, 0.1) is 5.92 Å². The van der Waals surface area contributed by atoms with E-state index in [0.717, 1.165) is 12.1 Å². The van der Waals surface area contributed by atoms with E-state index in [4.69, 9.17) is 0 Å². The Morgan fingerprint density at radius 1 is 1.73 bits per heavy atom. The number of allylic oxidation sites excluding steroid dienone is 4. The van der Waals surface area contributed by atoms with Crippen LogP contribution in [0.15, 0.2) is 23.9 Å². The lowest BCUT2D eigenvalue weighted by Gasteiger charge is -2.14. The first kappa shape index (κ1) is 8.05. The van der Waals surface area contributed by atoms with Crippen LogP contribution in [0.25, 0.3) is 0 Å². The van der Waals surface area contributed by atoms with Gasteiger partial charge in [0.25, 0.3) is 0 Å². The van der Waals surface area contributed by atoms with Gasteiger partial charge in [-0.15, -0.1) is 0 Å². The third kappa shape index (κ3) is 2.58. The van der Waals surface area contributed by atoms with E-state index in [1.165, 1.54) is 6.92 Å². The van der Waals surface area contributed by atoms with Crippen LogP contribution in [0.3, 0.4) is 0 Å². The molecule has 0 aliphatic heterocycles. The molecular weight excluding hydrogens is 138 g/mol. The lowest BCUT2D eigenvalue weighted by molar-refractivity contribution is -0.118. The summed E-state index contributed by atoms with van der Waals surface area (Å²) >= 11 is 0. The first-order valence-corrected chi connectivity index (χ1v) is 3.83. The molecule has 60 valence electrons. The van der Waals surface area contributed by atoms with Crippen LogP contribution < -0.4 is 5.32 Å². The number of nitrogens with one attached hydrogen (secondary N) is 1. The van der Waals surface area contributed by atoms with Gasteiger partial charge in [0, 0.05) is 12.6 Å². The highest BCUT2D eigenvalue weighted by atomic mass is 16.1. The molecule has 1 aliphatic rings. The first-order valence-electron chi connectivity index (χ1n) is 3.83. The molecule has 0 radical (unpaired) electrons. The molecule has 0 heterocycles. The monoisotopic (exact) mass is 151 g/mol. The molecule has 1 amide bonds. The highest BCUT2D eigenvalue weighted by Crippen LogP contribution is 2.15. The topological polar surface area (TPSA) is 29.1 Å². The molecule has 0 saturated carbocycles. The summed E-state index contributed by atoms with van der Waals surface area (Å²) in [6.45, 7) is 3.66. The second-order valence-electron chi connectivity index (χ2n) is 2.94. The number of amides is 1. The zero-order chi connectivity index (χ0) is 8.27. The molecule has 1 rings (SSSR count). The maximum atomic E-state index is 10.6. The van der Waals surface area contributed by atoms with Gasteiger partial charge in [-0.3, -0.25) is 4.79 Å². The Balaban J connectivity index is 2.52. The number of carbonyl (C=O) groups excluding carboxylic acids is 1. The molecule has 2 heteroatoms. The summed E-state index contributed by atoms with van der Waals surface area (Å²) in [7, 11) is 0. The Labute approximate surface area is 67.0 Å². The van der Waals surface area contributed by atoms with E-state index in [2.05, 4.69) is 18.3 Å². The Bertz CT molecular complexity index is 216. The van der Waals surface area contributed by atoms with Gasteiger partial charge in [0.15, 0.2) is 0 Å². The van der Waals surface area contributed by atoms with Gasteiger partial charge in [-0.05, 0) is 18.4 Å². The predicted molar refractivity (Wildman–Crippen MR) is 44.8 cm³/mol. The quantitative estimate of drug-likeness (QED) is 0.606. The number of carbonyl (C=O) groups is 1. The van der Waals surface area contributed by atoms with Gasteiger partial charge in [-0.2, -0.15) is 0 Å². The van der Waals surface area contributed by atoms with E-state index in [-0.39, 0.29) is 5.91 Å². The molecule has 1 atom stereocenters. The van der Waals surface area contributed by atoms with E-state index in [1.807, 2.05) is 12.2 Å². The summed E-state index contributed by atoms with van der Waals surface area (Å²) in [6, 6.07) is 0. The fraction of sp³-hybridized carbons (Fsp3) is 0.444. The number of rotatable bonds is 1. The van der Waals surface area contributed by atoms with Gasteiger partial charge >= 0.3 is 0 Å². The molecule has 2 nitrogen and oxygen atoms in total. The van der Waals surface area contributed by atoms with Crippen molar-refractivity contribution in [2.75, 3.05) is 0 Å². The van der Waals surface area contributed by atoms with E-state index in [0.29, 0.717) is 5.92 Å². The van der Waals surface area contributed by atoms with Crippen molar-refractivity contribution in [3.05, 3.63) is 23.9 Å². The normalized spacial score (nSPS) is 22.7. The molecule has 11 heavy (non-hydrogen) atoms. The lowest BCUT2D eigenvalue weighted by atomic mass is 10.0. The fourth-order valence-electron chi connectivity index (χ4n) is 1.16. The molecule has 0 spiro atoms. The summed E-state index contributed by atoms with van der Waals surface area (Å²) in [5.41, 5.74) is 1.02. The summed E-state index contributed by atoms with van der Waals surface area (Å²) in [5.74, 6) is 0.556. The van der Waals surface area contributed by atoms with Gasteiger partial charge < -0.3 is 5.32 Å². The van der Waals surface area contributed by atoms with Crippen LogP contribution >= 0.6 is 0 Å². The molecule has 0 aromatic carbocycles. The second-order valence-corrected chi connectivity index (χ2v) is 2.94. The lowest BCUT2D eigenvalue weighted by Crippen LogP contribution is -2.21.